The van der Waals surface area contributed by atoms with Gasteiger partial charge < -0.3 is 0 Å². The summed E-state index contributed by atoms with van der Waals surface area (Å²) in [4.78, 5) is -0.533. The van der Waals surface area contributed by atoms with E-state index in [1.807, 2.05) is 0 Å². The van der Waals surface area contributed by atoms with Gasteiger partial charge in [-0.1, -0.05) is 6.07 Å². The summed E-state index contributed by atoms with van der Waals surface area (Å²) >= 11 is 0. The summed E-state index contributed by atoms with van der Waals surface area (Å²) in [7, 11) is -7.50. The molecule has 0 aromatic heterocycles. The number of sulfonamides is 1. The van der Waals surface area contributed by atoms with Gasteiger partial charge in [0.25, 0.3) is 0 Å². The lowest BCUT2D eigenvalue weighted by atomic mass is 10.1. The van der Waals surface area contributed by atoms with Gasteiger partial charge in [-0.15, -0.1) is 0 Å². The van der Waals surface area contributed by atoms with Gasteiger partial charge in [-0.25, -0.2) is 21.6 Å². The molecule has 1 aromatic carbocycles. The van der Waals surface area contributed by atoms with Crippen molar-refractivity contribution in [2.75, 3.05) is 11.5 Å². The molecule has 1 aromatic rings. The number of hydrogen-bond acceptors (Lipinski definition) is 4. The van der Waals surface area contributed by atoms with E-state index in [4.69, 9.17) is 0 Å². The predicted octanol–water partition coefficient (Wildman–Crippen LogP) is 1.48. The lowest BCUT2D eigenvalue weighted by Gasteiger charge is -2.15. The molecule has 1 heterocycles. The molecule has 5 nitrogen and oxygen atoms in total. The minimum absolute atomic E-state index is 0.0881. The van der Waals surface area contributed by atoms with Crippen LogP contribution in [0.15, 0.2) is 23.1 Å². The average molecular weight is 357 g/mol. The molecule has 1 aliphatic rings. The molecule has 1 fully saturated rings. The molecule has 124 valence electrons. The average Bonchev–Trinajstić information content (AvgIpc) is 2.66. The van der Waals surface area contributed by atoms with E-state index < -0.39 is 42.5 Å². The van der Waals surface area contributed by atoms with E-state index >= 15 is 0 Å². The van der Waals surface area contributed by atoms with Crippen LogP contribution in [0.4, 0.5) is 13.2 Å². The van der Waals surface area contributed by atoms with E-state index in [2.05, 4.69) is 4.72 Å². The Balaban J connectivity index is 2.31. The molecular formula is C12H14F3NO4S2. The van der Waals surface area contributed by atoms with Crippen molar-refractivity contribution in [3.05, 3.63) is 29.3 Å². The molecule has 0 radical (unpaired) electrons. The van der Waals surface area contributed by atoms with Gasteiger partial charge in [0, 0.05) is 6.04 Å². The first-order chi connectivity index (χ1) is 9.91. The van der Waals surface area contributed by atoms with Gasteiger partial charge in [0.15, 0.2) is 9.84 Å². The minimum atomic E-state index is -4.66. The summed E-state index contributed by atoms with van der Waals surface area (Å²) in [5.41, 5.74) is -1.12. The topological polar surface area (TPSA) is 80.3 Å². The number of rotatable bonds is 3. The van der Waals surface area contributed by atoms with E-state index in [-0.39, 0.29) is 23.5 Å². The van der Waals surface area contributed by atoms with Crippen molar-refractivity contribution in [2.24, 2.45) is 0 Å². The van der Waals surface area contributed by atoms with Crippen molar-refractivity contribution in [1.29, 1.82) is 0 Å². The lowest BCUT2D eigenvalue weighted by molar-refractivity contribution is -0.138. The Morgan fingerprint density at radius 2 is 1.91 bits per heavy atom. The van der Waals surface area contributed by atoms with Crippen LogP contribution in [0, 0.1) is 6.92 Å². The highest BCUT2D eigenvalue weighted by molar-refractivity contribution is 7.92. The van der Waals surface area contributed by atoms with Crippen molar-refractivity contribution in [2.45, 2.75) is 30.5 Å². The first-order valence-corrected chi connectivity index (χ1v) is 9.62. The maximum absolute atomic E-state index is 12.8. The normalized spacial score (nSPS) is 21.9. The smallest absolute Gasteiger partial charge is 0.229 e. The molecule has 0 aliphatic carbocycles. The Hall–Kier alpha value is -1.13. The van der Waals surface area contributed by atoms with Crippen LogP contribution in [0.1, 0.15) is 17.5 Å². The van der Waals surface area contributed by atoms with Gasteiger partial charge in [-0.3, -0.25) is 0 Å². The third-order valence-electron chi connectivity index (χ3n) is 3.38. The van der Waals surface area contributed by atoms with Crippen LogP contribution in [-0.2, 0) is 26.0 Å². The van der Waals surface area contributed by atoms with Crippen LogP contribution < -0.4 is 4.72 Å². The Morgan fingerprint density at radius 1 is 1.27 bits per heavy atom. The van der Waals surface area contributed by atoms with Gasteiger partial charge in [-0.2, -0.15) is 13.2 Å². The van der Waals surface area contributed by atoms with E-state index in [1.54, 1.807) is 0 Å². The second-order valence-corrected chi connectivity index (χ2v) is 9.14. The predicted molar refractivity (Wildman–Crippen MR) is 73.6 cm³/mol. The third-order valence-corrected chi connectivity index (χ3v) is 6.67. The third kappa shape index (κ3) is 3.79. The number of sulfone groups is 1. The Morgan fingerprint density at radius 3 is 2.41 bits per heavy atom. The number of alkyl halides is 3. The largest absolute Gasteiger partial charge is 0.416 e. The zero-order chi connectivity index (χ0) is 16.8. The van der Waals surface area contributed by atoms with E-state index in [0.29, 0.717) is 6.07 Å². The first kappa shape index (κ1) is 17.2. The molecule has 1 unspecified atom stereocenters. The van der Waals surface area contributed by atoms with Crippen LogP contribution >= 0.6 is 0 Å². The standard InChI is InChI=1S/C12H14F3NO4S2/c1-8-2-3-10(6-11(8)12(13,14)15)22(19,20)16-9-4-5-21(17,18)7-9/h2-3,6,9,16H,4-5,7H2,1H3. The second-order valence-electron chi connectivity index (χ2n) is 5.20. The lowest BCUT2D eigenvalue weighted by Crippen LogP contribution is -2.35. The Labute approximate surface area is 126 Å². The maximum Gasteiger partial charge on any atom is 0.416 e. The summed E-state index contributed by atoms with van der Waals surface area (Å²) < 4.78 is 87.5. The van der Waals surface area contributed by atoms with E-state index in [0.717, 1.165) is 12.1 Å². The number of nitrogens with one attached hydrogen (secondary N) is 1. The van der Waals surface area contributed by atoms with Crippen LogP contribution in [0.3, 0.4) is 0 Å². The van der Waals surface area contributed by atoms with Gasteiger partial charge in [0.2, 0.25) is 10.0 Å². The molecule has 1 atom stereocenters. The van der Waals surface area contributed by atoms with Crippen LogP contribution in [0.25, 0.3) is 0 Å². The fraction of sp³-hybridized carbons (Fsp3) is 0.500. The van der Waals surface area contributed by atoms with Crippen LogP contribution in [0.5, 0.6) is 0 Å². The highest BCUT2D eigenvalue weighted by Gasteiger charge is 2.35. The van der Waals surface area contributed by atoms with Gasteiger partial charge in [0.1, 0.15) is 0 Å². The highest BCUT2D eigenvalue weighted by Crippen LogP contribution is 2.33. The number of aryl methyl sites for hydroxylation is 1. The SMILES string of the molecule is Cc1ccc(S(=O)(=O)NC2CCS(=O)(=O)C2)cc1C(F)(F)F. The Bertz CT molecular complexity index is 785. The molecule has 1 N–H and O–H groups in total. The van der Waals surface area contributed by atoms with E-state index in [9.17, 15) is 30.0 Å². The molecule has 0 bridgehead atoms. The summed E-state index contributed by atoms with van der Waals surface area (Å²) in [6.45, 7) is 1.23. The molecule has 0 amide bonds. The molecule has 1 saturated heterocycles. The maximum atomic E-state index is 12.8. The molecule has 1 aliphatic heterocycles. The molecule has 0 spiro atoms. The van der Waals surface area contributed by atoms with Crippen molar-refractivity contribution < 1.29 is 30.0 Å². The fourth-order valence-electron chi connectivity index (χ4n) is 2.25. The molecule has 0 saturated carbocycles. The monoisotopic (exact) mass is 357 g/mol. The second kappa shape index (κ2) is 5.50. The minimum Gasteiger partial charge on any atom is -0.229 e. The fourth-order valence-corrected chi connectivity index (χ4v) is 5.32. The summed E-state index contributed by atoms with van der Waals surface area (Å²) in [5.74, 6) is -0.480. The molecule has 22 heavy (non-hydrogen) atoms. The van der Waals surface area contributed by atoms with Gasteiger partial charge in [0.05, 0.1) is 22.0 Å². The molecule has 2 rings (SSSR count). The Kier molecular flexibility index (Phi) is 4.31. The number of benzene rings is 1. The van der Waals surface area contributed by atoms with Crippen LogP contribution in [-0.4, -0.2) is 34.4 Å². The summed E-state index contributed by atoms with van der Waals surface area (Å²) in [5, 5.41) is 0. The highest BCUT2D eigenvalue weighted by atomic mass is 32.2. The summed E-state index contributed by atoms with van der Waals surface area (Å²) in [6, 6.07) is 1.88. The van der Waals surface area contributed by atoms with Crippen molar-refractivity contribution in [1.82, 2.24) is 4.72 Å². The van der Waals surface area contributed by atoms with Crippen molar-refractivity contribution >= 4 is 19.9 Å². The summed E-state index contributed by atoms with van der Waals surface area (Å²) in [6.07, 6.45) is -4.55. The van der Waals surface area contributed by atoms with Gasteiger partial charge in [-0.05, 0) is 31.0 Å². The van der Waals surface area contributed by atoms with Gasteiger partial charge >= 0.3 is 6.18 Å². The number of halogens is 3. The first-order valence-electron chi connectivity index (χ1n) is 6.31. The zero-order valence-corrected chi connectivity index (χ0v) is 13.1. The van der Waals surface area contributed by atoms with Crippen LogP contribution in [0.2, 0.25) is 0 Å². The van der Waals surface area contributed by atoms with Crippen molar-refractivity contribution in [3.63, 3.8) is 0 Å². The molecular weight excluding hydrogens is 343 g/mol. The number of hydrogen-bond donors (Lipinski definition) is 1. The van der Waals surface area contributed by atoms with E-state index in [1.165, 1.54) is 6.92 Å². The quantitative estimate of drug-likeness (QED) is 0.889. The molecule has 10 heteroatoms. The van der Waals surface area contributed by atoms with Crippen molar-refractivity contribution in [3.8, 4) is 0 Å². The zero-order valence-electron chi connectivity index (χ0n) is 11.5.